The first-order valence-corrected chi connectivity index (χ1v) is 12.2. The Morgan fingerprint density at radius 3 is 2.36 bits per heavy atom. The van der Waals surface area contributed by atoms with Crippen LogP contribution in [0.2, 0.25) is 0 Å². The fourth-order valence-corrected chi connectivity index (χ4v) is 4.60. The molecule has 6 nitrogen and oxygen atoms in total. The molecule has 4 rings (SSSR count). The van der Waals surface area contributed by atoms with Gasteiger partial charge >= 0.3 is 0 Å². The predicted molar refractivity (Wildman–Crippen MR) is 132 cm³/mol. The number of rotatable bonds is 9. The van der Waals surface area contributed by atoms with Crippen LogP contribution in [0.4, 0.5) is 5.69 Å². The number of thiophene rings is 1. The maximum absolute atomic E-state index is 12.5. The number of para-hydroxylation sites is 1. The second-order valence-corrected chi connectivity index (χ2v) is 9.19. The molecule has 0 bridgehead atoms. The Morgan fingerprint density at radius 1 is 0.939 bits per heavy atom. The van der Waals surface area contributed by atoms with E-state index in [9.17, 15) is 9.59 Å². The summed E-state index contributed by atoms with van der Waals surface area (Å²) in [4.78, 5) is 28.3. The highest BCUT2D eigenvalue weighted by Crippen LogP contribution is 2.23. The quantitative estimate of drug-likeness (QED) is 0.488. The number of hydrogen-bond acceptors (Lipinski definition) is 5. The summed E-state index contributed by atoms with van der Waals surface area (Å²) in [7, 11) is 0. The van der Waals surface area contributed by atoms with Gasteiger partial charge in [0.15, 0.2) is 0 Å². The van der Waals surface area contributed by atoms with Crippen molar-refractivity contribution in [3.05, 3.63) is 77.0 Å². The zero-order chi connectivity index (χ0) is 22.9. The van der Waals surface area contributed by atoms with Gasteiger partial charge in [0, 0.05) is 23.0 Å². The molecule has 3 aromatic rings. The summed E-state index contributed by atoms with van der Waals surface area (Å²) in [6, 6.07) is 21.0. The van der Waals surface area contributed by atoms with Crippen LogP contribution < -0.4 is 15.4 Å². The number of nitrogens with one attached hydrogen (secondary N) is 2. The zero-order valence-electron chi connectivity index (χ0n) is 18.5. The third kappa shape index (κ3) is 7.17. The molecule has 0 radical (unpaired) electrons. The second-order valence-electron chi connectivity index (χ2n) is 8.16. The van der Waals surface area contributed by atoms with E-state index in [4.69, 9.17) is 4.74 Å². The standard InChI is InChI=1S/C26H29N3O3S/c30-25(28-21-8-10-23(11-9-21)32-22-5-2-1-3-6-22)19-29-16-13-20(14-17-29)26(31)27-15-12-24-7-4-18-33-24/h1-11,18,20H,12-17,19H2,(H,27,31)(H,28,30). The smallest absolute Gasteiger partial charge is 0.238 e. The molecule has 0 atom stereocenters. The lowest BCUT2D eigenvalue weighted by Crippen LogP contribution is -2.43. The fourth-order valence-electron chi connectivity index (χ4n) is 3.90. The summed E-state index contributed by atoms with van der Waals surface area (Å²) in [6.07, 6.45) is 2.44. The molecule has 172 valence electrons. The van der Waals surface area contributed by atoms with Crippen LogP contribution in [0.15, 0.2) is 72.1 Å². The molecule has 0 unspecified atom stereocenters. The van der Waals surface area contributed by atoms with E-state index in [0.29, 0.717) is 13.1 Å². The van der Waals surface area contributed by atoms with Gasteiger partial charge in [0.1, 0.15) is 11.5 Å². The first-order chi connectivity index (χ1) is 16.2. The van der Waals surface area contributed by atoms with Crippen LogP contribution in [0.3, 0.4) is 0 Å². The molecule has 2 heterocycles. The highest BCUT2D eigenvalue weighted by Gasteiger charge is 2.25. The van der Waals surface area contributed by atoms with Crippen LogP contribution in [0, 0.1) is 5.92 Å². The predicted octanol–water partition coefficient (Wildman–Crippen LogP) is 4.55. The molecule has 2 amide bonds. The maximum Gasteiger partial charge on any atom is 0.238 e. The summed E-state index contributed by atoms with van der Waals surface area (Å²) in [5.74, 6) is 1.60. The minimum absolute atomic E-state index is 0.0322. The number of carbonyl (C=O) groups is 2. The number of benzene rings is 2. The molecule has 0 saturated carbocycles. The molecule has 1 aromatic heterocycles. The SMILES string of the molecule is O=C(CN1CCC(C(=O)NCCc2cccs2)CC1)Nc1ccc(Oc2ccccc2)cc1. The van der Waals surface area contributed by atoms with Crippen molar-refractivity contribution in [1.29, 1.82) is 0 Å². The van der Waals surface area contributed by atoms with E-state index >= 15 is 0 Å². The molecular formula is C26H29N3O3S. The Morgan fingerprint density at radius 2 is 1.67 bits per heavy atom. The van der Waals surface area contributed by atoms with Gasteiger partial charge in [-0.05, 0) is 80.2 Å². The van der Waals surface area contributed by atoms with Crippen LogP contribution >= 0.6 is 11.3 Å². The number of hydrogen-bond donors (Lipinski definition) is 2. The molecule has 2 N–H and O–H groups in total. The van der Waals surface area contributed by atoms with Crippen LogP contribution in [-0.2, 0) is 16.0 Å². The summed E-state index contributed by atoms with van der Waals surface area (Å²) < 4.78 is 5.78. The van der Waals surface area contributed by atoms with Crippen molar-refractivity contribution >= 4 is 28.8 Å². The molecule has 7 heteroatoms. The third-order valence-corrected chi connectivity index (χ3v) is 6.63. The van der Waals surface area contributed by atoms with E-state index in [2.05, 4.69) is 27.0 Å². The van der Waals surface area contributed by atoms with E-state index in [1.165, 1.54) is 4.88 Å². The Bertz CT molecular complexity index is 1010. The van der Waals surface area contributed by atoms with Crippen LogP contribution in [0.1, 0.15) is 17.7 Å². The summed E-state index contributed by atoms with van der Waals surface area (Å²) in [6.45, 7) is 2.51. The van der Waals surface area contributed by atoms with Crippen molar-refractivity contribution in [2.45, 2.75) is 19.3 Å². The lowest BCUT2D eigenvalue weighted by atomic mass is 9.96. The van der Waals surface area contributed by atoms with Crippen molar-refractivity contribution in [2.24, 2.45) is 5.92 Å². The Hall–Kier alpha value is -3.16. The zero-order valence-corrected chi connectivity index (χ0v) is 19.4. The van der Waals surface area contributed by atoms with Gasteiger partial charge in [-0.3, -0.25) is 14.5 Å². The number of ether oxygens (including phenoxy) is 1. The monoisotopic (exact) mass is 463 g/mol. The molecule has 0 aliphatic carbocycles. The number of carbonyl (C=O) groups excluding carboxylic acids is 2. The van der Waals surface area contributed by atoms with Crippen molar-refractivity contribution in [2.75, 3.05) is 31.5 Å². The van der Waals surface area contributed by atoms with Gasteiger partial charge in [0.05, 0.1) is 6.54 Å². The summed E-state index contributed by atoms with van der Waals surface area (Å²) >= 11 is 1.72. The second kappa shape index (κ2) is 11.6. The molecule has 0 spiro atoms. The fraction of sp³-hybridized carbons (Fsp3) is 0.308. The summed E-state index contributed by atoms with van der Waals surface area (Å²) in [5.41, 5.74) is 0.736. The number of likely N-dealkylation sites (tertiary alicyclic amines) is 1. The van der Waals surface area contributed by atoms with E-state index in [0.717, 1.165) is 49.5 Å². The van der Waals surface area contributed by atoms with Crippen LogP contribution in [0.25, 0.3) is 0 Å². The van der Waals surface area contributed by atoms with Gasteiger partial charge in [-0.15, -0.1) is 11.3 Å². The lowest BCUT2D eigenvalue weighted by molar-refractivity contribution is -0.126. The maximum atomic E-state index is 12.5. The van der Waals surface area contributed by atoms with Crippen molar-refractivity contribution in [3.8, 4) is 11.5 Å². The lowest BCUT2D eigenvalue weighted by Gasteiger charge is -2.30. The van der Waals surface area contributed by atoms with Crippen LogP contribution in [-0.4, -0.2) is 42.9 Å². The van der Waals surface area contributed by atoms with Gasteiger partial charge in [0.2, 0.25) is 11.8 Å². The molecule has 1 saturated heterocycles. The van der Waals surface area contributed by atoms with Crippen molar-refractivity contribution in [3.63, 3.8) is 0 Å². The Labute approximate surface area is 198 Å². The number of amides is 2. The number of nitrogens with zero attached hydrogens (tertiary/aromatic N) is 1. The van der Waals surface area contributed by atoms with Gasteiger partial charge in [0.25, 0.3) is 0 Å². The first-order valence-electron chi connectivity index (χ1n) is 11.3. The largest absolute Gasteiger partial charge is 0.457 e. The number of piperidine rings is 1. The Kier molecular flexibility index (Phi) is 8.11. The molecular weight excluding hydrogens is 434 g/mol. The normalized spacial score (nSPS) is 14.5. The molecule has 1 aliphatic heterocycles. The molecule has 1 fully saturated rings. The van der Waals surface area contributed by atoms with Gasteiger partial charge in [-0.25, -0.2) is 0 Å². The van der Waals surface area contributed by atoms with Crippen LogP contribution in [0.5, 0.6) is 11.5 Å². The van der Waals surface area contributed by atoms with E-state index in [1.807, 2.05) is 60.7 Å². The highest BCUT2D eigenvalue weighted by atomic mass is 32.1. The molecule has 1 aliphatic rings. The molecule has 2 aromatic carbocycles. The highest BCUT2D eigenvalue weighted by molar-refractivity contribution is 7.09. The average Bonchev–Trinajstić information content (AvgIpc) is 3.35. The van der Waals surface area contributed by atoms with E-state index in [-0.39, 0.29) is 17.7 Å². The minimum Gasteiger partial charge on any atom is -0.457 e. The molecule has 33 heavy (non-hydrogen) atoms. The Balaban J connectivity index is 1.15. The average molecular weight is 464 g/mol. The third-order valence-electron chi connectivity index (χ3n) is 5.69. The van der Waals surface area contributed by atoms with Gasteiger partial charge < -0.3 is 15.4 Å². The van der Waals surface area contributed by atoms with Gasteiger partial charge in [-0.2, -0.15) is 0 Å². The van der Waals surface area contributed by atoms with Gasteiger partial charge in [-0.1, -0.05) is 24.3 Å². The van der Waals surface area contributed by atoms with E-state index in [1.54, 1.807) is 11.3 Å². The van der Waals surface area contributed by atoms with Crippen molar-refractivity contribution in [1.82, 2.24) is 10.2 Å². The van der Waals surface area contributed by atoms with Crippen molar-refractivity contribution < 1.29 is 14.3 Å². The first kappa shape index (κ1) is 23.0. The topological polar surface area (TPSA) is 70.7 Å². The minimum atomic E-state index is -0.0504. The van der Waals surface area contributed by atoms with E-state index < -0.39 is 0 Å². The number of anilines is 1. The summed E-state index contributed by atoms with van der Waals surface area (Å²) in [5, 5.41) is 8.05.